The maximum absolute atomic E-state index is 0. The normalized spacial score (nSPS) is 0. The van der Waals surface area contributed by atoms with E-state index >= 15 is 0 Å². The molecule has 32 valence electrons. The SMILES string of the molecule is [Au+3].[CH3-].[CH3-].[CH3-]. The quantitative estimate of drug-likeness (QED) is 0.444. The van der Waals surface area contributed by atoms with Crippen molar-refractivity contribution in [3.8, 4) is 0 Å². The van der Waals surface area contributed by atoms with Gasteiger partial charge in [0.15, 0.2) is 0 Å². The molecule has 0 fully saturated rings. The Morgan fingerprint density at radius 1 is 0.500 bits per heavy atom. The summed E-state index contributed by atoms with van der Waals surface area (Å²) in [5.74, 6) is 0. The summed E-state index contributed by atoms with van der Waals surface area (Å²) >= 11 is 0. The molecule has 0 rings (SSSR count). The van der Waals surface area contributed by atoms with Gasteiger partial charge in [0.1, 0.15) is 0 Å². The molecule has 0 spiro atoms. The largest absolute Gasteiger partial charge is 3.00 e. The topological polar surface area (TPSA) is 0 Å². The van der Waals surface area contributed by atoms with Crippen LogP contribution in [0.25, 0.3) is 0 Å². The first-order valence-electron chi connectivity index (χ1n) is 0. The third-order valence-corrected chi connectivity index (χ3v) is 0. The van der Waals surface area contributed by atoms with Gasteiger partial charge >= 0.3 is 22.4 Å². The van der Waals surface area contributed by atoms with Gasteiger partial charge in [0.05, 0.1) is 0 Å². The summed E-state index contributed by atoms with van der Waals surface area (Å²) in [6, 6.07) is 0. The Labute approximate surface area is 45.1 Å². The molecule has 4 heavy (non-hydrogen) atoms. The molecule has 0 atom stereocenters. The van der Waals surface area contributed by atoms with Crippen molar-refractivity contribution in [2.75, 3.05) is 0 Å². The van der Waals surface area contributed by atoms with Gasteiger partial charge in [0, 0.05) is 0 Å². The fourth-order valence-corrected chi connectivity index (χ4v) is 0. The smallest absolute Gasteiger partial charge is 0.358 e. The minimum Gasteiger partial charge on any atom is -0.358 e. The Bertz CT molecular complexity index is 3.25. The van der Waals surface area contributed by atoms with E-state index in [1.165, 1.54) is 0 Å². The van der Waals surface area contributed by atoms with Crippen molar-refractivity contribution in [3.05, 3.63) is 22.3 Å². The van der Waals surface area contributed by atoms with Gasteiger partial charge in [-0.3, -0.25) is 0 Å². The molecule has 0 N–H and O–H groups in total. The third kappa shape index (κ3) is 15.1. The number of hydrogen-bond acceptors (Lipinski definition) is 0. The van der Waals surface area contributed by atoms with Crippen LogP contribution in [-0.2, 0) is 22.4 Å². The second-order valence-corrected chi connectivity index (χ2v) is 0. The molecule has 0 amide bonds. The predicted octanol–water partition coefficient (Wildman–Crippen LogP) is 1.35. The summed E-state index contributed by atoms with van der Waals surface area (Å²) in [7, 11) is 0. The van der Waals surface area contributed by atoms with Crippen LogP contribution in [0.15, 0.2) is 0 Å². The molecule has 0 unspecified atom stereocenters. The van der Waals surface area contributed by atoms with E-state index in [4.69, 9.17) is 0 Å². The van der Waals surface area contributed by atoms with Gasteiger partial charge in [0.2, 0.25) is 0 Å². The predicted molar refractivity (Wildman–Crippen MR) is 19.2 cm³/mol. The number of hydrogen-bond donors (Lipinski definition) is 0. The van der Waals surface area contributed by atoms with Crippen LogP contribution in [0.4, 0.5) is 0 Å². The zero-order chi connectivity index (χ0) is 0. The minimum absolute atomic E-state index is 0. The minimum atomic E-state index is 0. The van der Waals surface area contributed by atoms with Crippen LogP contribution in [-0.4, -0.2) is 0 Å². The Morgan fingerprint density at radius 3 is 0.500 bits per heavy atom. The first kappa shape index (κ1) is 121. The second-order valence-electron chi connectivity index (χ2n) is 0. The molecule has 0 saturated heterocycles. The Balaban J connectivity index is 0. The monoisotopic (exact) mass is 242 g/mol. The first-order chi connectivity index (χ1) is 0. The van der Waals surface area contributed by atoms with Gasteiger partial charge in [-0.1, -0.05) is 0 Å². The van der Waals surface area contributed by atoms with Gasteiger partial charge in [0.25, 0.3) is 0 Å². The van der Waals surface area contributed by atoms with Crippen molar-refractivity contribution in [1.29, 1.82) is 0 Å². The standard InChI is InChI=1S/3CH3.Au/h3*1H3;/q3*-1;+3. The van der Waals surface area contributed by atoms with Crippen LogP contribution >= 0.6 is 0 Å². The zero-order valence-corrected chi connectivity index (χ0v) is 5.47. The molecule has 0 aliphatic rings. The van der Waals surface area contributed by atoms with Crippen molar-refractivity contribution in [1.82, 2.24) is 0 Å². The average molecular weight is 242 g/mol. The maximum atomic E-state index is 0. The van der Waals surface area contributed by atoms with Crippen molar-refractivity contribution in [2.45, 2.75) is 0 Å². The fraction of sp³-hybridized carbons (Fsp3) is 0. The molecule has 0 saturated carbocycles. The molecule has 0 bridgehead atoms. The molecular weight excluding hydrogens is 233 g/mol. The van der Waals surface area contributed by atoms with E-state index in [0.717, 1.165) is 0 Å². The maximum Gasteiger partial charge on any atom is 3.00 e. The summed E-state index contributed by atoms with van der Waals surface area (Å²) in [5.41, 5.74) is 0. The van der Waals surface area contributed by atoms with E-state index < -0.39 is 0 Å². The van der Waals surface area contributed by atoms with Gasteiger partial charge in [-0.25, -0.2) is 0 Å². The summed E-state index contributed by atoms with van der Waals surface area (Å²) in [4.78, 5) is 0. The van der Waals surface area contributed by atoms with Gasteiger partial charge in [-0.2, -0.15) is 0 Å². The molecular formula is C3H9Au. The van der Waals surface area contributed by atoms with Crippen LogP contribution in [0.5, 0.6) is 0 Å². The molecule has 1 heteroatoms. The molecule has 0 nitrogen and oxygen atoms in total. The molecule has 0 aromatic carbocycles. The van der Waals surface area contributed by atoms with Crippen LogP contribution in [0, 0.1) is 22.3 Å². The van der Waals surface area contributed by atoms with Crippen molar-refractivity contribution in [2.24, 2.45) is 0 Å². The van der Waals surface area contributed by atoms with Gasteiger partial charge in [-0.05, 0) is 0 Å². The van der Waals surface area contributed by atoms with E-state index in [1.54, 1.807) is 0 Å². The van der Waals surface area contributed by atoms with Crippen molar-refractivity contribution >= 4 is 0 Å². The van der Waals surface area contributed by atoms with Crippen LogP contribution in [0.2, 0.25) is 0 Å². The van der Waals surface area contributed by atoms with E-state index in [2.05, 4.69) is 0 Å². The number of rotatable bonds is 0. The Kier molecular flexibility index (Phi) is 1550. The van der Waals surface area contributed by atoms with Crippen LogP contribution < -0.4 is 0 Å². The summed E-state index contributed by atoms with van der Waals surface area (Å²) in [5, 5.41) is 0. The van der Waals surface area contributed by atoms with E-state index in [9.17, 15) is 0 Å². The third-order valence-electron chi connectivity index (χ3n) is 0. The summed E-state index contributed by atoms with van der Waals surface area (Å²) < 4.78 is 0. The fourth-order valence-electron chi connectivity index (χ4n) is 0. The van der Waals surface area contributed by atoms with Crippen LogP contribution in [0.3, 0.4) is 0 Å². The van der Waals surface area contributed by atoms with E-state index in [-0.39, 0.29) is 44.7 Å². The van der Waals surface area contributed by atoms with Gasteiger partial charge < -0.3 is 22.3 Å². The van der Waals surface area contributed by atoms with E-state index in [1.807, 2.05) is 0 Å². The van der Waals surface area contributed by atoms with Gasteiger partial charge in [-0.15, -0.1) is 0 Å². The van der Waals surface area contributed by atoms with Crippen molar-refractivity contribution in [3.63, 3.8) is 0 Å². The molecule has 0 aromatic heterocycles. The molecule has 0 radical (unpaired) electrons. The molecule has 0 aromatic rings. The Morgan fingerprint density at radius 2 is 0.500 bits per heavy atom. The molecule has 0 heterocycles. The molecule has 0 aliphatic carbocycles. The van der Waals surface area contributed by atoms with Crippen LogP contribution in [0.1, 0.15) is 0 Å². The summed E-state index contributed by atoms with van der Waals surface area (Å²) in [6.45, 7) is 0. The second kappa shape index (κ2) is 51.3. The average Bonchev–Trinajstić information content (AvgIpc) is 0. The Hall–Kier alpha value is 0.740. The zero-order valence-electron chi connectivity index (χ0n) is 3.30. The molecule has 0 aliphatic heterocycles. The first-order valence-corrected chi connectivity index (χ1v) is 0. The summed E-state index contributed by atoms with van der Waals surface area (Å²) in [6.07, 6.45) is 0. The van der Waals surface area contributed by atoms with E-state index in [0.29, 0.717) is 0 Å². The van der Waals surface area contributed by atoms with Crippen molar-refractivity contribution < 1.29 is 22.4 Å².